The monoisotopic (exact) mass is 606 g/mol. The lowest BCUT2D eigenvalue weighted by molar-refractivity contribution is -0.388. The average molecular weight is 606 g/mol. The molecule has 0 saturated carbocycles. The largest absolute Gasteiger partial charge is 0.457 e. The van der Waals surface area contributed by atoms with E-state index in [1.807, 2.05) is 13.8 Å². The Kier molecular flexibility index (Phi) is 8.07. The molecule has 0 aromatic heterocycles. The number of benzene rings is 4. The molecule has 224 valence electrons. The number of nitro groups is 2. The molecule has 0 aliphatic heterocycles. The SMILES string of the molecule is CC(C)(c1ccc(Oc2ccc([N+](=O)[O-])c(C(F)(F)F)c2)cc1)c1ccc(Oc2ccc([N+](=O)[O-])c(C(F)(F)F)c2)cc1. The summed E-state index contributed by atoms with van der Waals surface area (Å²) in [5.41, 5.74) is -4.12. The van der Waals surface area contributed by atoms with Crippen LogP contribution in [0.1, 0.15) is 36.1 Å². The molecule has 0 unspecified atom stereocenters. The Morgan fingerprint density at radius 3 is 1.12 bits per heavy atom. The summed E-state index contributed by atoms with van der Waals surface area (Å²) < 4.78 is 90.6. The molecule has 43 heavy (non-hydrogen) atoms. The number of ether oxygens (including phenoxy) is 2. The van der Waals surface area contributed by atoms with Gasteiger partial charge in [0.2, 0.25) is 0 Å². The van der Waals surface area contributed by atoms with Gasteiger partial charge in [-0.05, 0) is 59.7 Å². The predicted octanol–water partition coefficient (Wildman–Crippen LogP) is 9.45. The van der Waals surface area contributed by atoms with Crippen LogP contribution in [-0.4, -0.2) is 9.85 Å². The van der Waals surface area contributed by atoms with Gasteiger partial charge in [0.15, 0.2) is 0 Å². The predicted molar refractivity (Wildman–Crippen MR) is 141 cm³/mol. The zero-order valence-electron chi connectivity index (χ0n) is 22.2. The second-order valence-electron chi connectivity index (χ2n) is 9.75. The molecule has 0 fully saturated rings. The lowest BCUT2D eigenvalue weighted by Gasteiger charge is -2.26. The number of halogens is 6. The van der Waals surface area contributed by atoms with Crippen LogP contribution in [0.3, 0.4) is 0 Å². The normalized spacial score (nSPS) is 12.1. The van der Waals surface area contributed by atoms with Crippen LogP contribution in [0.5, 0.6) is 23.0 Å². The van der Waals surface area contributed by atoms with Crippen LogP contribution >= 0.6 is 0 Å². The van der Waals surface area contributed by atoms with Gasteiger partial charge in [-0.2, -0.15) is 26.3 Å². The number of hydrogen-bond donors (Lipinski definition) is 0. The Hall–Kier alpha value is -5.14. The highest BCUT2D eigenvalue weighted by atomic mass is 19.4. The van der Waals surface area contributed by atoms with Crippen molar-refractivity contribution >= 4 is 11.4 Å². The van der Waals surface area contributed by atoms with Crippen molar-refractivity contribution in [1.82, 2.24) is 0 Å². The van der Waals surface area contributed by atoms with Crippen molar-refractivity contribution in [2.24, 2.45) is 0 Å². The molecule has 8 nitrogen and oxygen atoms in total. The second kappa shape index (κ2) is 11.3. The summed E-state index contributed by atoms with van der Waals surface area (Å²) in [6, 6.07) is 17.5. The van der Waals surface area contributed by atoms with Gasteiger partial charge < -0.3 is 9.47 Å². The van der Waals surface area contributed by atoms with Crippen molar-refractivity contribution in [2.75, 3.05) is 0 Å². The molecule has 0 aliphatic rings. The maximum atomic E-state index is 13.3. The van der Waals surface area contributed by atoms with Crippen molar-refractivity contribution < 1.29 is 45.7 Å². The summed E-state index contributed by atoms with van der Waals surface area (Å²) in [5, 5.41) is 21.9. The average Bonchev–Trinajstić information content (AvgIpc) is 2.92. The van der Waals surface area contributed by atoms with Crippen LogP contribution < -0.4 is 9.47 Å². The molecule has 0 heterocycles. The molecular weight excluding hydrogens is 586 g/mol. The maximum absolute atomic E-state index is 13.3. The molecule has 14 heteroatoms. The third-order valence-electron chi connectivity index (χ3n) is 6.56. The molecule has 0 radical (unpaired) electrons. The van der Waals surface area contributed by atoms with Crippen molar-refractivity contribution in [3.63, 3.8) is 0 Å². The molecule has 4 rings (SSSR count). The summed E-state index contributed by atoms with van der Waals surface area (Å²) in [6.07, 6.45) is -9.91. The van der Waals surface area contributed by atoms with Crippen molar-refractivity contribution in [3.8, 4) is 23.0 Å². The van der Waals surface area contributed by atoms with Gasteiger partial charge in [0.1, 0.15) is 34.1 Å². The van der Waals surface area contributed by atoms with Gasteiger partial charge >= 0.3 is 12.4 Å². The fourth-order valence-electron chi connectivity index (χ4n) is 4.25. The summed E-state index contributed by atoms with van der Waals surface area (Å²) >= 11 is 0. The van der Waals surface area contributed by atoms with E-state index >= 15 is 0 Å². The Morgan fingerprint density at radius 2 is 0.837 bits per heavy atom. The molecule has 0 N–H and O–H groups in total. The van der Waals surface area contributed by atoms with E-state index in [0.29, 0.717) is 12.1 Å². The summed E-state index contributed by atoms with van der Waals surface area (Å²) in [7, 11) is 0. The minimum absolute atomic E-state index is 0.187. The van der Waals surface area contributed by atoms with Crippen LogP contribution in [0.15, 0.2) is 84.9 Å². The minimum atomic E-state index is -4.95. The molecule has 0 spiro atoms. The van der Waals surface area contributed by atoms with Crippen LogP contribution in [0.25, 0.3) is 0 Å². The molecule has 0 atom stereocenters. The van der Waals surface area contributed by atoms with Gasteiger partial charge in [-0.1, -0.05) is 38.1 Å². The van der Waals surface area contributed by atoms with Crippen molar-refractivity contribution in [2.45, 2.75) is 31.6 Å². The zero-order chi connectivity index (χ0) is 31.7. The number of nitro benzene ring substituents is 2. The van der Waals surface area contributed by atoms with E-state index in [-0.39, 0.29) is 23.0 Å². The van der Waals surface area contributed by atoms with E-state index in [0.717, 1.165) is 35.4 Å². The smallest absolute Gasteiger partial charge is 0.423 e. The maximum Gasteiger partial charge on any atom is 0.423 e. The standard InChI is InChI=1S/C29H20F6N2O6/c1-27(2,17-3-7-19(8-4-17)42-21-11-13-25(36(38)39)23(15-21)28(30,31)32)18-5-9-20(10-6-18)43-22-12-14-26(37(40)41)24(16-22)29(33,34)35/h3-16H,1-2H3. The third kappa shape index (κ3) is 6.85. The summed E-state index contributed by atoms with van der Waals surface area (Å²) in [5.74, 6) is -0.106. The van der Waals surface area contributed by atoms with E-state index < -0.39 is 50.1 Å². The van der Waals surface area contributed by atoms with Crippen molar-refractivity contribution in [3.05, 3.63) is 127 Å². The lowest BCUT2D eigenvalue weighted by Crippen LogP contribution is -2.18. The van der Waals surface area contributed by atoms with Crippen LogP contribution in [0.4, 0.5) is 37.7 Å². The van der Waals surface area contributed by atoms with Gasteiger partial charge in [-0.15, -0.1) is 0 Å². The van der Waals surface area contributed by atoms with Crippen LogP contribution in [0.2, 0.25) is 0 Å². The second-order valence-corrected chi connectivity index (χ2v) is 9.75. The quantitative estimate of drug-likeness (QED) is 0.112. The third-order valence-corrected chi connectivity index (χ3v) is 6.56. The first-order valence-corrected chi connectivity index (χ1v) is 12.2. The number of alkyl halides is 6. The molecule has 0 saturated heterocycles. The van der Waals surface area contributed by atoms with Gasteiger partial charge in [0.25, 0.3) is 11.4 Å². The van der Waals surface area contributed by atoms with E-state index in [1.165, 1.54) is 24.3 Å². The minimum Gasteiger partial charge on any atom is -0.457 e. The fourth-order valence-corrected chi connectivity index (χ4v) is 4.25. The first-order chi connectivity index (χ1) is 20.0. The van der Waals surface area contributed by atoms with Gasteiger partial charge in [-0.3, -0.25) is 20.2 Å². The van der Waals surface area contributed by atoms with E-state index in [2.05, 4.69) is 0 Å². The van der Waals surface area contributed by atoms with Crippen LogP contribution in [0, 0.1) is 20.2 Å². The van der Waals surface area contributed by atoms with Gasteiger partial charge in [0, 0.05) is 17.5 Å². The van der Waals surface area contributed by atoms with Crippen molar-refractivity contribution in [1.29, 1.82) is 0 Å². The first kappa shape index (κ1) is 30.8. The molecule has 0 amide bonds. The molecular formula is C29H20F6N2O6. The molecule has 0 aliphatic carbocycles. The van der Waals surface area contributed by atoms with E-state index in [4.69, 9.17) is 9.47 Å². The Morgan fingerprint density at radius 1 is 0.535 bits per heavy atom. The Balaban J connectivity index is 1.50. The van der Waals surface area contributed by atoms with Gasteiger partial charge in [-0.25, -0.2) is 0 Å². The number of nitrogens with zero attached hydrogens (tertiary/aromatic N) is 2. The fraction of sp³-hybridized carbons (Fsp3) is 0.172. The first-order valence-electron chi connectivity index (χ1n) is 12.2. The van der Waals surface area contributed by atoms with E-state index in [9.17, 15) is 46.6 Å². The molecule has 4 aromatic rings. The topological polar surface area (TPSA) is 105 Å². The summed E-state index contributed by atoms with van der Waals surface area (Å²) in [6.45, 7) is 3.77. The Bertz CT molecular complexity index is 1540. The molecule has 0 bridgehead atoms. The number of hydrogen-bond acceptors (Lipinski definition) is 6. The lowest BCUT2D eigenvalue weighted by atomic mass is 9.78. The Labute approximate surface area is 239 Å². The summed E-state index contributed by atoms with van der Waals surface area (Å²) in [4.78, 5) is 19.7. The van der Waals surface area contributed by atoms with Crippen LogP contribution in [-0.2, 0) is 17.8 Å². The molecule has 4 aromatic carbocycles. The van der Waals surface area contributed by atoms with Gasteiger partial charge in [0.05, 0.1) is 9.85 Å². The highest BCUT2D eigenvalue weighted by Crippen LogP contribution is 2.41. The highest BCUT2D eigenvalue weighted by molar-refractivity contribution is 5.50. The number of rotatable bonds is 8. The van der Waals surface area contributed by atoms with E-state index in [1.54, 1.807) is 24.3 Å². The highest BCUT2D eigenvalue weighted by Gasteiger charge is 2.39. The zero-order valence-corrected chi connectivity index (χ0v) is 22.2.